The standard InChI is InChI=1S/C17H20N6S/c1-12-14(24-11-21-12)10-23-8-3-4-13(23)15-16(19-6-5-18-15)17-20-7-9-22(17)2/h5-7,9,11,13H,3-4,8,10H2,1-2H3. The number of aryl methyl sites for hydroxylation is 2. The number of likely N-dealkylation sites (tertiary alicyclic amines) is 1. The third kappa shape index (κ3) is 2.74. The molecule has 1 aliphatic heterocycles. The van der Waals surface area contributed by atoms with E-state index in [-0.39, 0.29) is 6.04 Å². The summed E-state index contributed by atoms with van der Waals surface area (Å²) in [6.45, 7) is 4.09. The SMILES string of the molecule is Cc1ncsc1CN1CCCC1c1nccnc1-c1nccn1C. The lowest BCUT2D eigenvalue weighted by atomic mass is 10.1. The van der Waals surface area contributed by atoms with Gasteiger partial charge in [0.15, 0.2) is 5.82 Å². The van der Waals surface area contributed by atoms with Crippen LogP contribution in [0, 0.1) is 6.92 Å². The Bertz CT molecular complexity index is 839. The molecular weight excluding hydrogens is 320 g/mol. The predicted octanol–water partition coefficient (Wildman–Crippen LogP) is 2.98. The van der Waals surface area contributed by atoms with Gasteiger partial charge < -0.3 is 4.57 Å². The molecule has 24 heavy (non-hydrogen) atoms. The molecule has 1 atom stereocenters. The van der Waals surface area contributed by atoms with Crippen LogP contribution >= 0.6 is 11.3 Å². The van der Waals surface area contributed by atoms with Gasteiger partial charge in [-0.3, -0.25) is 9.88 Å². The van der Waals surface area contributed by atoms with Crippen LogP contribution in [0.1, 0.15) is 35.1 Å². The van der Waals surface area contributed by atoms with Gasteiger partial charge in [-0.1, -0.05) is 0 Å². The van der Waals surface area contributed by atoms with Crippen molar-refractivity contribution in [2.24, 2.45) is 7.05 Å². The lowest BCUT2D eigenvalue weighted by Gasteiger charge is -2.24. The van der Waals surface area contributed by atoms with E-state index < -0.39 is 0 Å². The van der Waals surface area contributed by atoms with Gasteiger partial charge in [-0.2, -0.15) is 0 Å². The zero-order chi connectivity index (χ0) is 16.5. The lowest BCUT2D eigenvalue weighted by molar-refractivity contribution is 0.246. The Balaban J connectivity index is 1.68. The minimum atomic E-state index is 0.284. The molecule has 0 N–H and O–H groups in total. The Morgan fingerprint density at radius 3 is 2.79 bits per heavy atom. The molecule has 0 aromatic carbocycles. The fourth-order valence-corrected chi connectivity index (χ4v) is 4.15. The predicted molar refractivity (Wildman–Crippen MR) is 93.5 cm³/mol. The first-order valence-corrected chi connectivity index (χ1v) is 9.03. The number of imidazole rings is 1. The van der Waals surface area contributed by atoms with Crippen LogP contribution in [0.4, 0.5) is 0 Å². The van der Waals surface area contributed by atoms with Crippen LogP contribution in [0.2, 0.25) is 0 Å². The first-order valence-electron chi connectivity index (χ1n) is 8.15. The van der Waals surface area contributed by atoms with Crippen molar-refractivity contribution in [2.45, 2.75) is 32.4 Å². The highest BCUT2D eigenvalue weighted by atomic mass is 32.1. The number of thiazole rings is 1. The second-order valence-electron chi connectivity index (χ2n) is 6.14. The first kappa shape index (κ1) is 15.4. The summed E-state index contributed by atoms with van der Waals surface area (Å²) >= 11 is 1.73. The van der Waals surface area contributed by atoms with Crippen molar-refractivity contribution in [3.05, 3.63) is 46.6 Å². The molecule has 3 aromatic rings. The van der Waals surface area contributed by atoms with Crippen molar-refractivity contribution in [3.8, 4) is 11.5 Å². The summed E-state index contributed by atoms with van der Waals surface area (Å²) in [5.74, 6) is 0.874. The number of nitrogens with zero attached hydrogens (tertiary/aromatic N) is 6. The molecule has 6 nitrogen and oxygen atoms in total. The molecule has 124 valence electrons. The second-order valence-corrected chi connectivity index (χ2v) is 7.08. The summed E-state index contributed by atoms with van der Waals surface area (Å²) < 4.78 is 2.00. The molecule has 1 unspecified atom stereocenters. The van der Waals surface area contributed by atoms with Crippen molar-refractivity contribution >= 4 is 11.3 Å². The van der Waals surface area contributed by atoms with Crippen LogP contribution in [0.15, 0.2) is 30.3 Å². The summed E-state index contributed by atoms with van der Waals surface area (Å²) in [7, 11) is 1.99. The molecule has 0 saturated carbocycles. The van der Waals surface area contributed by atoms with E-state index >= 15 is 0 Å². The van der Waals surface area contributed by atoms with Crippen molar-refractivity contribution in [2.75, 3.05) is 6.54 Å². The fraction of sp³-hybridized carbons (Fsp3) is 0.412. The third-order valence-electron chi connectivity index (χ3n) is 4.63. The molecule has 0 aliphatic carbocycles. The Hall–Kier alpha value is -2.12. The van der Waals surface area contributed by atoms with Crippen LogP contribution in [0.25, 0.3) is 11.5 Å². The molecule has 4 heterocycles. The van der Waals surface area contributed by atoms with E-state index in [1.807, 2.05) is 23.3 Å². The molecule has 1 fully saturated rings. The molecule has 4 rings (SSSR count). The molecule has 1 saturated heterocycles. The third-order valence-corrected chi connectivity index (χ3v) is 5.55. The summed E-state index contributed by atoms with van der Waals surface area (Å²) in [6, 6.07) is 0.284. The van der Waals surface area contributed by atoms with Crippen molar-refractivity contribution in [1.29, 1.82) is 0 Å². The van der Waals surface area contributed by atoms with E-state index in [0.717, 1.165) is 42.4 Å². The van der Waals surface area contributed by atoms with Gasteiger partial charge in [0.1, 0.15) is 5.69 Å². The maximum Gasteiger partial charge on any atom is 0.160 e. The van der Waals surface area contributed by atoms with Crippen molar-refractivity contribution in [3.63, 3.8) is 0 Å². The highest BCUT2D eigenvalue weighted by Crippen LogP contribution is 2.36. The van der Waals surface area contributed by atoms with Gasteiger partial charge in [-0.15, -0.1) is 11.3 Å². The summed E-state index contributed by atoms with van der Waals surface area (Å²) in [6.07, 6.45) is 9.57. The van der Waals surface area contributed by atoms with Crippen LogP contribution in [0.3, 0.4) is 0 Å². The smallest absolute Gasteiger partial charge is 0.160 e. The second kappa shape index (κ2) is 6.41. The van der Waals surface area contributed by atoms with Crippen LogP contribution in [-0.4, -0.2) is 35.9 Å². The molecule has 1 aliphatic rings. The highest BCUT2D eigenvalue weighted by Gasteiger charge is 2.31. The number of rotatable bonds is 4. The van der Waals surface area contributed by atoms with Crippen molar-refractivity contribution < 1.29 is 0 Å². The van der Waals surface area contributed by atoms with Gasteiger partial charge in [0, 0.05) is 43.3 Å². The van der Waals surface area contributed by atoms with E-state index in [4.69, 9.17) is 4.98 Å². The van der Waals surface area contributed by atoms with Gasteiger partial charge in [0.05, 0.1) is 22.9 Å². The average Bonchev–Trinajstić information content (AvgIpc) is 3.31. The molecule has 3 aromatic heterocycles. The van der Waals surface area contributed by atoms with E-state index in [0.29, 0.717) is 0 Å². The highest BCUT2D eigenvalue weighted by molar-refractivity contribution is 7.09. The lowest BCUT2D eigenvalue weighted by Crippen LogP contribution is -2.24. The van der Waals surface area contributed by atoms with Gasteiger partial charge in [-0.25, -0.2) is 15.0 Å². The maximum atomic E-state index is 4.69. The Labute approximate surface area is 145 Å². The first-order chi connectivity index (χ1) is 11.7. The molecular formula is C17H20N6S. The molecule has 0 radical (unpaired) electrons. The van der Waals surface area contributed by atoms with Crippen LogP contribution in [-0.2, 0) is 13.6 Å². The summed E-state index contributed by atoms with van der Waals surface area (Å²) in [5, 5.41) is 0. The number of aromatic nitrogens is 5. The summed E-state index contributed by atoms with van der Waals surface area (Å²) in [5.41, 5.74) is 4.99. The molecule has 0 bridgehead atoms. The summed E-state index contributed by atoms with van der Waals surface area (Å²) in [4.78, 5) is 22.0. The largest absolute Gasteiger partial charge is 0.333 e. The fourth-order valence-electron chi connectivity index (χ4n) is 3.35. The van der Waals surface area contributed by atoms with Gasteiger partial charge in [0.2, 0.25) is 0 Å². The average molecular weight is 340 g/mol. The topological polar surface area (TPSA) is 59.7 Å². The minimum absolute atomic E-state index is 0.284. The van der Waals surface area contributed by atoms with E-state index in [1.54, 1.807) is 29.9 Å². The Morgan fingerprint density at radius 1 is 1.17 bits per heavy atom. The van der Waals surface area contributed by atoms with Crippen LogP contribution < -0.4 is 0 Å². The van der Waals surface area contributed by atoms with Crippen LogP contribution in [0.5, 0.6) is 0 Å². The minimum Gasteiger partial charge on any atom is -0.333 e. The Morgan fingerprint density at radius 2 is 2.04 bits per heavy atom. The number of hydrogen-bond donors (Lipinski definition) is 0. The molecule has 0 amide bonds. The quantitative estimate of drug-likeness (QED) is 0.731. The maximum absolute atomic E-state index is 4.69. The van der Waals surface area contributed by atoms with Crippen molar-refractivity contribution in [1.82, 2.24) is 29.4 Å². The van der Waals surface area contributed by atoms with Gasteiger partial charge in [-0.05, 0) is 26.3 Å². The van der Waals surface area contributed by atoms with E-state index in [2.05, 4.69) is 26.8 Å². The van der Waals surface area contributed by atoms with E-state index in [1.165, 1.54) is 11.3 Å². The van der Waals surface area contributed by atoms with E-state index in [9.17, 15) is 0 Å². The van der Waals surface area contributed by atoms with Gasteiger partial charge in [0.25, 0.3) is 0 Å². The zero-order valence-corrected chi connectivity index (χ0v) is 14.7. The number of hydrogen-bond acceptors (Lipinski definition) is 6. The molecule has 0 spiro atoms. The zero-order valence-electron chi connectivity index (χ0n) is 13.9. The normalized spacial score (nSPS) is 18.3. The van der Waals surface area contributed by atoms with Gasteiger partial charge >= 0.3 is 0 Å². The monoisotopic (exact) mass is 340 g/mol. The molecule has 7 heteroatoms. The Kier molecular flexibility index (Phi) is 4.12.